The molecule has 3 nitrogen and oxygen atoms in total. The van der Waals surface area contributed by atoms with Crippen molar-refractivity contribution in [2.24, 2.45) is 17.6 Å². The van der Waals surface area contributed by atoms with Gasteiger partial charge >= 0.3 is 0 Å². The van der Waals surface area contributed by atoms with Gasteiger partial charge in [-0.3, -0.25) is 4.79 Å². The maximum atomic E-state index is 14.1. The molecule has 2 N–H and O–H groups in total. The third-order valence-corrected chi connectivity index (χ3v) is 5.25. The van der Waals surface area contributed by atoms with E-state index in [2.05, 4.69) is 6.92 Å². The molecule has 4 heteroatoms. The smallest absolute Gasteiger partial charge is 0.223 e. The van der Waals surface area contributed by atoms with Crippen LogP contribution in [0.3, 0.4) is 0 Å². The van der Waals surface area contributed by atoms with Gasteiger partial charge in [-0.2, -0.15) is 0 Å². The summed E-state index contributed by atoms with van der Waals surface area (Å²) in [4.78, 5) is 14.6. The number of benzene rings is 1. The summed E-state index contributed by atoms with van der Waals surface area (Å²) in [6, 6.07) is 6.85. The van der Waals surface area contributed by atoms with Crippen LogP contribution in [-0.4, -0.2) is 23.4 Å². The van der Waals surface area contributed by atoms with E-state index < -0.39 is 0 Å². The molecule has 1 saturated carbocycles. The van der Waals surface area contributed by atoms with Gasteiger partial charge in [-0.05, 0) is 37.2 Å². The first-order valence-corrected chi connectivity index (χ1v) is 8.35. The predicted molar refractivity (Wildman–Crippen MR) is 84.6 cm³/mol. The van der Waals surface area contributed by atoms with E-state index in [-0.39, 0.29) is 23.8 Å². The molecular weight excluding hydrogens is 279 g/mol. The third kappa shape index (κ3) is 3.02. The van der Waals surface area contributed by atoms with Crippen LogP contribution in [0.25, 0.3) is 0 Å². The summed E-state index contributed by atoms with van der Waals surface area (Å²) < 4.78 is 14.1. The first kappa shape index (κ1) is 15.5. The molecular formula is C18H25FN2O. The lowest BCUT2D eigenvalue weighted by molar-refractivity contribution is -0.133. The van der Waals surface area contributed by atoms with E-state index in [1.165, 1.54) is 6.07 Å². The Morgan fingerprint density at radius 2 is 2.14 bits per heavy atom. The van der Waals surface area contributed by atoms with Crippen molar-refractivity contribution >= 4 is 5.91 Å². The number of nitrogens with zero attached hydrogens (tertiary/aromatic N) is 1. The van der Waals surface area contributed by atoms with Crippen molar-refractivity contribution in [1.82, 2.24) is 4.90 Å². The summed E-state index contributed by atoms with van der Waals surface area (Å²) in [6.07, 6.45) is 4.53. The number of rotatable bonds is 3. The topological polar surface area (TPSA) is 46.3 Å². The van der Waals surface area contributed by atoms with Crippen LogP contribution in [0, 0.1) is 17.7 Å². The van der Waals surface area contributed by atoms with Crippen molar-refractivity contribution in [3.63, 3.8) is 0 Å². The van der Waals surface area contributed by atoms with E-state index in [0.717, 1.165) is 32.2 Å². The maximum Gasteiger partial charge on any atom is 0.223 e. The number of hydrogen-bond donors (Lipinski definition) is 1. The van der Waals surface area contributed by atoms with Crippen LogP contribution in [0.2, 0.25) is 0 Å². The molecule has 0 spiro atoms. The molecule has 1 aromatic rings. The Labute approximate surface area is 131 Å². The number of amides is 1. The first-order chi connectivity index (χ1) is 10.6. The second-order valence-electron chi connectivity index (χ2n) is 6.98. The second-order valence-corrected chi connectivity index (χ2v) is 6.98. The highest BCUT2D eigenvalue weighted by molar-refractivity contribution is 5.77. The summed E-state index contributed by atoms with van der Waals surface area (Å²) in [5.41, 5.74) is 6.74. The summed E-state index contributed by atoms with van der Waals surface area (Å²) >= 11 is 0. The minimum atomic E-state index is -0.211. The quantitative estimate of drug-likeness (QED) is 0.931. The lowest BCUT2D eigenvalue weighted by atomic mass is 9.98. The van der Waals surface area contributed by atoms with Gasteiger partial charge in [0, 0.05) is 24.6 Å². The maximum absolute atomic E-state index is 14.1. The lowest BCUT2D eigenvalue weighted by Gasteiger charge is -2.27. The third-order valence-electron chi connectivity index (χ3n) is 5.25. The van der Waals surface area contributed by atoms with Gasteiger partial charge in [-0.25, -0.2) is 4.39 Å². The number of nitrogens with two attached hydrogens (primary N) is 1. The normalized spacial score (nSPS) is 31.7. The van der Waals surface area contributed by atoms with Crippen LogP contribution in [0.4, 0.5) is 4.39 Å². The van der Waals surface area contributed by atoms with Crippen LogP contribution < -0.4 is 5.73 Å². The molecule has 2 aliphatic rings. The molecule has 4 atom stereocenters. The van der Waals surface area contributed by atoms with Crippen molar-refractivity contribution in [2.45, 2.75) is 51.1 Å². The van der Waals surface area contributed by atoms with E-state index in [1.54, 1.807) is 12.1 Å². The Morgan fingerprint density at radius 1 is 1.36 bits per heavy atom. The van der Waals surface area contributed by atoms with Gasteiger partial charge in [0.15, 0.2) is 0 Å². The van der Waals surface area contributed by atoms with Crippen LogP contribution in [-0.2, 0) is 4.79 Å². The van der Waals surface area contributed by atoms with E-state index in [1.807, 2.05) is 11.0 Å². The fourth-order valence-electron chi connectivity index (χ4n) is 4.02. The molecule has 1 heterocycles. The van der Waals surface area contributed by atoms with E-state index in [4.69, 9.17) is 5.73 Å². The molecule has 2 unspecified atom stereocenters. The zero-order valence-corrected chi connectivity index (χ0v) is 13.2. The van der Waals surface area contributed by atoms with E-state index in [9.17, 15) is 9.18 Å². The summed E-state index contributed by atoms with van der Waals surface area (Å²) in [5, 5.41) is 0. The average Bonchev–Trinajstić information content (AvgIpc) is 3.06. The number of hydrogen-bond acceptors (Lipinski definition) is 2. The van der Waals surface area contributed by atoms with Gasteiger partial charge in [0.1, 0.15) is 5.82 Å². The Morgan fingerprint density at radius 3 is 2.82 bits per heavy atom. The number of likely N-dealkylation sites (tertiary alicyclic amines) is 1. The van der Waals surface area contributed by atoms with Crippen molar-refractivity contribution in [3.8, 4) is 0 Å². The minimum absolute atomic E-state index is 0.124. The molecule has 1 aliphatic heterocycles. The Kier molecular flexibility index (Phi) is 4.48. The largest absolute Gasteiger partial charge is 0.335 e. The molecule has 0 aromatic heterocycles. The zero-order valence-electron chi connectivity index (χ0n) is 13.2. The Balaban J connectivity index is 1.76. The molecule has 0 bridgehead atoms. The summed E-state index contributed by atoms with van der Waals surface area (Å²) in [5.74, 6) is 0.632. The molecule has 22 heavy (non-hydrogen) atoms. The number of carbonyl (C=O) groups is 1. The van der Waals surface area contributed by atoms with Crippen molar-refractivity contribution in [2.75, 3.05) is 6.54 Å². The van der Waals surface area contributed by atoms with Crippen molar-refractivity contribution in [1.29, 1.82) is 0 Å². The highest BCUT2D eigenvalue weighted by Crippen LogP contribution is 2.38. The van der Waals surface area contributed by atoms with Gasteiger partial charge < -0.3 is 10.6 Å². The van der Waals surface area contributed by atoms with Gasteiger partial charge in [0.2, 0.25) is 5.91 Å². The second kappa shape index (κ2) is 6.37. The standard InChI is InChI=1S/C18H25FN2O/c1-12-9-17(14-6-2-3-7-15(14)19)21(11-12)18(22)10-13-5-4-8-16(13)20/h2-3,6-7,12-13,16-17H,4-5,8-11,20H2,1H3/t12?,13-,16+,17?/m0/s1. The van der Waals surface area contributed by atoms with Gasteiger partial charge in [0.05, 0.1) is 6.04 Å². The highest BCUT2D eigenvalue weighted by atomic mass is 19.1. The van der Waals surface area contributed by atoms with E-state index >= 15 is 0 Å². The zero-order chi connectivity index (χ0) is 15.7. The fraction of sp³-hybridized carbons (Fsp3) is 0.611. The molecule has 3 rings (SSSR count). The van der Waals surface area contributed by atoms with Crippen LogP contribution in [0.15, 0.2) is 24.3 Å². The SMILES string of the molecule is CC1CC(c2ccccc2F)N(C(=O)C[C@@H]2CCC[C@H]2N)C1. The molecule has 2 fully saturated rings. The summed E-state index contributed by atoms with van der Waals surface area (Å²) in [7, 11) is 0. The highest BCUT2D eigenvalue weighted by Gasteiger charge is 2.37. The molecule has 120 valence electrons. The van der Waals surface area contributed by atoms with E-state index in [0.29, 0.717) is 23.8 Å². The number of halogens is 1. The Hall–Kier alpha value is -1.42. The van der Waals surface area contributed by atoms with Crippen molar-refractivity contribution < 1.29 is 9.18 Å². The molecule has 1 saturated heterocycles. The first-order valence-electron chi connectivity index (χ1n) is 8.35. The fourth-order valence-corrected chi connectivity index (χ4v) is 4.02. The van der Waals surface area contributed by atoms with Crippen LogP contribution >= 0.6 is 0 Å². The van der Waals surface area contributed by atoms with Gasteiger partial charge in [-0.1, -0.05) is 31.5 Å². The molecule has 0 radical (unpaired) electrons. The monoisotopic (exact) mass is 304 g/mol. The van der Waals surface area contributed by atoms with Gasteiger partial charge in [0.25, 0.3) is 0 Å². The lowest BCUT2D eigenvalue weighted by Crippen LogP contribution is -2.35. The van der Waals surface area contributed by atoms with Gasteiger partial charge in [-0.15, -0.1) is 0 Å². The van der Waals surface area contributed by atoms with Crippen LogP contribution in [0.1, 0.15) is 50.6 Å². The van der Waals surface area contributed by atoms with Crippen molar-refractivity contribution in [3.05, 3.63) is 35.6 Å². The molecule has 1 aliphatic carbocycles. The minimum Gasteiger partial charge on any atom is -0.335 e. The molecule has 1 aromatic carbocycles. The average molecular weight is 304 g/mol. The predicted octanol–water partition coefficient (Wildman–Crippen LogP) is 3.25. The molecule has 1 amide bonds. The van der Waals surface area contributed by atoms with Crippen LogP contribution in [0.5, 0.6) is 0 Å². The Bertz CT molecular complexity index is 548. The summed E-state index contributed by atoms with van der Waals surface area (Å²) in [6.45, 7) is 2.85. The number of carbonyl (C=O) groups excluding carboxylic acids is 1.